The molecule has 0 aliphatic carbocycles. The summed E-state index contributed by atoms with van der Waals surface area (Å²) in [6.45, 7) is 0. The van der Waals surface area contributed by atoms with E-state index in [1.807, 2.05) is 0 Å². The van der Waals surface area contributed by atoms with Crippen molar-refractivity contribution in [1.82, 2.24) is 9.55 Å². The molecule has 0 radical (unpaired) electrons. The zero-order valence-corrected chi connectivity index (χ0v) is 10.7. The van der Waals surface area contributed by atoms with E-state index in [9.17, 15) is 13.6 Å². The molecule has 0 fully saturated rings. The SMILES string of the molecule is O=c1ccn(-c2ccc(F)cc2F)c2nc(Cl)ccc12. The maximum absolute atomic E-state index is 13.9. The average molecular weight is 293 g/mol. The molecule has 100 valence electrons. The van der Waals surface area contributed by atoms with Crippen molar-refractivity contribution in [2.24, 2.45) is 0 Å². The molecule has 0 saturated heterocycles. The third kappa shape index (κ3) is 2.06. The molecule has 3 nitrogen and oxygen atoms in total. The van der Waals surface area contributed by atoms with E-state index in [0.717, 1.165) is 12.1 Å². The standard InChI is InChI=1S/C14H7ClF2N2O/c15-13-4-2-9-12(20)5-6-19(14(9)18-13)11-3-1-8(16)7-10(11)17/h1-7H. The van der Waals surface area contributed by atoms with E-state index in [0.29, 0.717) is 5.39 Å². The molecule has 3 rings (SSSR count). The van der Waals surface area contributed by atoms with Crippen molar-refractivity contribution >= 4 is 22.6 Å². The van der Waals surface area contributed by atoms with Gasteiger partial charge in [-0.3, -0.25) is 9.36 Å². The second-order valence-electron chi connectivity index (χ2n) is 4.15. The first-order chi connectivity index (χ1) is 9.56. The van der Waals surface area contributed by atoms with E-state index in [-0.39, 0.29) is 21.9 Å². The highest BCUT2D eigenvalue weighted by Gasteiger charge is 2.11. The summed E-state index contributed by atoms with van der Waals surface area (Å²) in [6, 6.07) is 7.47. The third-order valence-electron chi connectivity index (χ3n) is 2.88. The van der Waals surface area contributed by atoms with Crippen molar-refractivity contribution in [3.05, 3.63) is 69.6 Å². The number of halogens is 3. The monoisotopic (exact) mass is 292 g/mol. The van der Waals surface area contributed by atoms with Gasteiger partial charge in [-0.05, 0) is 24.3 Å². The molecule has 3 aromatic rings. The molecule has 2 heterocycles. The lowest BCUT2D eigenvalue weighted by Crippen LogP contribution is -2.09. The molecular formula is C14H7ClF2N2O. The van der Waals surface area contributed by atoms with E-state index in [2.05, 4.69) is 4.98 Å². The van der Waals surface area contributed by atoms with Gasteiger partial charge in [-0.2, -0.15) is 0 Å². The predicted molar refractivity (Wildman–Crippen MR) is 72.3 cm³/mol. The molecule has 0 amide bonds. The molecular weight excluding hydrogens is 286 g/mol. The molecule has 0 saturated carbocycles. The van der Waals surface area contributed by atoms with Crippen molar-refractivity contribution in [2.45, 2.75) is 0 Å². The highest BCUT2D eigenvalue weighted by atomic mass is 35.5. The Morgan fingerprint density at radius 3 is 2.65 bits per heavy atom. The molecule has 1 aromatic carbocycles. The summed E-state index contributed by atoms with van der Waals surface area (Å²) in [5.41, 5.74) is 0.0598. The van der Waals surface area contributed by atoms with Crippen LogP contribution in [0.1, 0.15) is 0 Å². The lowest BCUT2D eigenvalue weighted by atomic mass is 10.2. The van der Waals surface area contributed by atoms with Gasteiger partial charge in [0.25, 0.3) is 0 Å². The Kier molecular flexibility index (Phi) is 2.99. The summed E-state index contributed by atoms with van der Waals surface area (Å²) in [5.74, 6) is -1.43. The Balaban J connectivity index is 2.39. The van der Waals surface area contributed by atoms with Crippen LogP contribution >= 0.6 is 11.6 Å². The normalized spacial score (nSPS) is 10.9. The zero-order chi connectivity index (χ0) is 14.3. The van der Waals surface area contributed by atoms with Crippen LogP contribution in [-0.4, -0.2) is 9.55 Å². The summed E-state index contributed by atoms with van der Waals surface area (Å²) in [7, 11) is 0. The molecule has 0 unspecified atom stereocenters. The first kappa shape index (κ1) is 12.7. The van der Waals surface area contributed by atoms with Crippen molar-refractivity contribution in [1.29, 1.82) is 0 Å². The number of rotatable bonds is 1. The van der Waals surface area contributed by atoms with Crippen molar-refractivity contribution in [3.63, 3.8) is 0 Å². The fourth-order valence-corrected chi connectivity index (χ4v) is 2.12. The van der Waals surface area contributed by atoms with Gasteiger partial charge in [-0.25, -0.2) is 13.8 Å². The van der Waals surface area contributed by atoms with Gasteiger partial charge in [0.15, 0.2) is 5.43 Å². The van der Waals surface area contributed by atoms with Crippen LogP contribution in [0.15, 0.2) is 47.4 Å². The van der Waals surface area contributed by atoms with Crippen LogP contribution in [-0.2, 0) is 0 Å². The van der Waals surface area contributed by atoms with Crippen LogP contribution in [0.25, 0.3) is 16.7 Å². The minimum Gasteiger partial charge on any atom is -0.298 e. The minimum absolute atomic E-state index is 0.0890. The summed E-state index contributed by atoms with van der Waals surface area (Å²) >= 11 is 5.82. The summed E-state index contributed by atoms with van der Waals surface area (Å²) in [5, 5.41) is 0.486. The minimum atomic E-state index is -0.753. The average Bonchev–Trinajstić information content (AvgIpc) is 2.40. The number of hydrogen-bond donors (Lipinski definition) is 0. The second kappa shape index (κ2) is 4.68. The van der Waals surface area contributed by atoms with E-state index in [4.69, 9.17) is 11.6 Å². The van der Waals surface area contributed by atoms with Crippen LogP contribution in [0.5, 0.6) is 0 Å². The molecule has 20 heavy (non-hydrogen) atoms. The van der Waals surface area contributed by atoms with E-state index >= 15 is 0 Å². The topological polar surface area (TPSA) is 34.9 Å². The maximum Gasteiger partial charge on any atom is 0.191 e. The zero-order valence-electron chi connectivity index (χ0n) is 9.98. The Morgan fingerprint density at radius 2 is 1.90 bits per heavy atom. The number of benzene rings is 1. The lowest BCUT2D eigenvalue weighted by Gasteiger charge is -2.10. The largest absolute Gasteiger partial charge is 0.298 e. The number of nitrogens with zero attached hydrogens (tertiary/aromatic N) is 2. The van der Waals surface area contributed by atoms with E-state index < -0.39 is 11.6 Å². The summed E-state index contributed by atoms with van der Waals surface area (Å²) < 4.78 is 28.2. The molecule has 2 aromatic heterocycles. The number of hydrogen-bond acceptors (Lipinski definition) is 2. The van der Waals surface area contributed by atoms with Gasteiger partial charge in [-0.1, -0.05) is 11.6 Å². The number of aromatic nitrogens is 2. The fraction of sp³-hybridized carbons (Fsp3) is 0. The maximum atomic E-state index is 13.9. The quantitative estimate of drug-likeness (QED) is 0.645. The van der Waals surface area contributed by atoms with Crippen LogP contribution < -0.4 is 5.43 Å². The van der Waals surface area contributed by atoms with Crippen molar-refractivity contribution in [3.8, 4) is 5.69 Å². The van der Waals surface area contributed by atoms with Gasteiger partial charge in [0.1, 0.15) is 22.4 Å². The van der Waals surface area contributed by atoms with E-state index in [1.165, 1.54) is 35.0 Å². The lowest BCUT2D eigenvalue weighted by molar-refractivity contribution is 0.578. The first-order valence-electron chi connectivity index (χ1n) is 5.69. The van der Waals surface area contributed by atoms with Crippen LogP contribution in [0.3, 0.4) is 0 Å². The highest BCUT2D eigenvalue weighted by molar-refractivity contribution is 6.29. The summed E-state index contributed by atoms with van der Waals surface area (Å²) in [6.07, 6.45) is 1.38. The van der Waals surface area contributed by atoms with Gasteiger partial charge in [0, 0.05) is 18.3 Å². The highest BCUT2D eigenvalue weighted by Crippen LogP contribution is 2.19. The molecule has 0 N–H and O–H groups in total. The van der Waals surface area contributed by atoms with Gasteiger partial charge in [-0.15, -0.1) is 0 Å². The Hall–Kier alpha value is -2.27. The molecule has 0 aliphatic heterocycles. The Morgan fingerprint density at radius 1 is 1.10 bits per heavy atom. The van der Waals surface area contributed by atoms with Crippen molar-refractivity contribution in [2.75, 3.05) is 0 Å². The van der Waals surface area contributed by atoms with Crippen LogP contribution in [0, 0.1) is 11.6 Å². The molecule has 0 atom stereocenters. The molecule has 6 heteroatoms. The second-order valence-corrected chi connectivity index (χ2v) is 4.54. The van der Waals surface area contributed by atoms with Gasteiger partial charge < -0.3 is 0 Å². The third-order valence-corrected chi connectivity index (χ3v) is 3.09. The first-order valence-corrected chi connectivity index (χ1v) is 6.07. The summed E-state index contributed by atoms with van der Waals surface area (Å²) in [4.78, 5) is 15.8. The van der Waals surface area contributed by atoms with Crippen molar-refractivity contribution < 1.29 is 8.78 Å². The fourth-order valence-electron chi connectivity index (χ4n) is 1.97. The molecule has 0 bridgehead atoms. The van der Waals surface area contributed by atoms with E-state index in [1.54, 1.807) is 0 Å². The number of fused-ring (bicyclic) bond motifs is 1. The Bertz CT molecular complexity index is 877. The smallest absolute Gasteiger partial charge is 0.191 e. The molecule has 0 spiro atoms. The Labute approximate surface area is 117 Å². The number of pyridine rings is 2. The predicted octanol–water partition coefficient (Wildman–Crippen LogP) is 3.32. The molecule has 0 aliphatic rings. The van der Waals surface area contributed by atoms with Crippen LogP contribution in [0.4, 0.5) is 8.78 Å². The van der Waals surface area contributed by atoms with Gasteiger partial charge in [0.05, 0.1) is 11.1 Å². The van der Waals surface area contributed by atoms with Gasteiger partial charge >= 0.3 is 0 Å². The van der Waals surface area contributed by atoms with Crippen LogP contribution in [0.2, 0.25) is 5.15 Å². The van der Waals surface area contributed by atoms with Gasteiger partial charge in [0.2, 0.25) is 0 Å².